The van der Waals surface area contributed by atoms with Gasteiger partial charge in [0.05, 0.1) is 0 Å². The summed E-state index contributed by atoms with van der Waals surface area (Å²) in [4.78, 5) is 0.209. The van der Waals surface area contributed by atoms with E-state index >= 15 is 0 Å². The number of nitrogens with one attached hydrogen (secondary N) is 1. The van der Waals surface area contributed by atoms with E-state index < -0.39 is 5.51 Å². The van der Waals surface area contributed by atoms with Crippen LogP contribution in [0.25, 0.3) is 0 Å². The first kappa shape index (κ1) is 12.7. The number of hydrogen-bond donors (Lipinski definition) is 2. The van der Waals surface area contributed by atoms with Crippen LogP contribution in [-0.4, -0.2) is 11.4 Å². The fourth-order valence-corrected chi connectivity index (χ4v) is 1.79. The largest absolute Gasteiger partial charge is 0.446 e. The molecule has 0 saturated carbocycles. The monoisotopic (exact) mass is 253 g/mol. The van der Waals surface area contributed by atoms with Gasteiger partial charge in [-0.25, -0.2) is 0 Å². The molecular weight excluding hydrogens is 243 g/mol. The summed E-state index contributed by atoms with van der Waals surface area (Å²) in [5.41, 5.74) is -3.41. The van der Waals surface area contributed by atoms with Gasteiger partial charge in [-0.1, -0.05) is 12.1 Å². The molecule has 0 aromatic heterocycles. The second kappa shape index (κ2) is 5.67. The fourth-order valence-electron chi connectivity index (χ4n) is 1.05. The predicted octanol–water partition coefficient (Wildman–Crippen LogP) is 3.28. The van der Waals surface area contributed by atoms with Crippen molar-refractivity contribution in [3.05, 3.63) is 29.8 Å². The molecule has 1 aromatic carbocycles. The molecule has 0 unspecified atom stereocenters. The molecule has 0 spiro atoms. The van der Waals surface area contributed by atoms with E-state index in [0.29, 0.717) is 12.4 Å². The van der Waals surface area contributed by atoms with E-state index in [-0.39, 0.29) is 16.7 Å². The summed E-state index contributed by atoms with van der Waals surface area (Å²) in [7, 11) is 0. The Kier molecular flexibility index (Phi) is 4.82. The third-order valence-corrected chi connectivity index (χ3v) is 2.52. The highest BCUT2D eigenvalue weighted by molar-refractivity contribution is 8.00. The van der Waals surface area contributed by atoms with Gasteiger partial charge in [-0.2, -0.15) is 25.8 Å². The molecule has 84 valence electrons. The van der Waals surface area contributed by atoms with Crippen molar-refractivity contribution in [1.29, 1.82) is 0 Å². The van der Waals surface area contributed by atoms with E-state index in [1.54, 1.807) is 12.1 Å². The topological polar surface area (TPSA) is 12.0 Å². The second-order valence-corrected chi connectivity index (χ2v) is 4.23. The van der Waals surface area contributed by atoms with Crippen molar-refractivity contribution in [2.45, 2.75) is 16.9 Å². The van der Waals surface area contributed by atoms with Crippen LogP contribution in [0.3, 0.4) is 0 Å². The van der Waals surface area contributed by atoms with Crippen LogP contribution in [0.4, 0.5) is 13.2 Å². The van der Waals surface area contributed by atoms with E-state index in [4.69, 9.17) is 0 Å². The molecule has 0 bridgehead atoms. The van der Waals surface area contributed by atoms with Crippen molar-refractivity contribution < 1.29 is 13.2 Å². The molecule has 0 atom stereocenters. The lowest BCUT2D eigenvalue weighted by Crippen LogP contribution is -2.10. The number of thiol groups is 1. The smallest absolute Gasteiger partial charge is 0.304 e. The van der Waals surface area contributed by atoms with Crippen LogP contribution < -0.4 is 5.32 Å². The molecule has 0 radical (unpaired) electrons. The van der Waals surface area contributed by atoms with E-state index in [1.807, 2.05) is 0 Å². The normalized spacial score (nSPS) is 11.7. The maximum absolute atomic E-state index is 12.1. The number of rotatable bonds is 4. The minimum absolute atomic E-state index is 0.0985. The molecule has 15 heavy (non-hydrogen) atoms. The quantitative estimate of drug-likeness (QED) is 0.485. The van der Waals surface area contributed by atoms with Gasteiger partial charge in [0.25, 0.3) is 0 Å². The van der Waals surface area contributed by atoms with Crippen LogP contribution in [0.5, 0.6) is 0 Å². The number of alkyl halides is 3. The highest BCUT2D eigenvalue weighted by Gasteiger charge is 2.29. The van der Waals surface area contributed by atoms with Crippen molar-refractivity contribution in [3.8, 4) is 0 Å². The molecule has 0 fully saturated rings. The van der Waals surface area contributed by atoms with Crippen molar-refractivity contribution >= 4 is 24.4 Å². The van der Waals surface area contributed by atoms with Crippen LogP contribution in [0, 0.1) is 0 Å². The first-order valence-corrected chi connectivity index (χ1v) is 5.62. The Morgan fingerprint density at radius 2 is 2.07 bits per heavy atom. The zero-order valence-corrected chi connectivity index (χ0v) is 9.42. The Labute approximate surface area is 95.9 Å². The lowest BCUT2D eigenvalue weighted by Gasteiger charge is -2.07. The van der Waals surface area contributed by atoms with Crippen LogP contribution in [0.2, 0.25) is 0 Å². The molecule has 0 heterocycles. The van der Waals surface area contributed by atoms with E-state index in [1.165, 1.54) is 12.1 Å². The zero-order chi connectivity index (χ0) is 11.3. The number of benzene rings is 1. The molecule has 1 nitrogen and oxygen atoms in total. The van der Waals surface area contributed by atoms with Crippen molar-refractivity contribution in [3.63, 3.8) is 0 Å². The van der Waals surface area contributed by atoms with Crippen LogP contribution in [0.15, 0.2) is 29.2 Å². The van der Waals surface area contributed by atoms with Crippen molar-refractivity contribution in [2.75, 3.05) is 5.88 Å². The SMILES string of the molecule is FC(F)(F)Sc1cccc(CNCS)c1. The molecule has 0 saturated heterocycles. The Morgan fingerprint density at radius 3 is 2.67 bits per heavy atom. The molecule has 0 aliphatic heterocycles. The number of halogens is 3. The minimum atomic E-state index is -4.23. The summed E-state index contributed by atoms with van der Waals surface area (Å²) in [6.07, 6.45) is 0. The molecule has 0 aliphatic carbocycles. The third kappa shape index (κ3) is 5.34. The van der Waals surface area contributed by atoms with Gasteiger partial charge in [-0.3, -0.25) is 0 Å². The number of hydrogen-bond acceptors (Lipinski definition) is 3. The summed E-state index contributed by atoms with van der Waals surface area (Å²) in [6.45, 7) is 0.524. The predicted molar refractivity (Wildman–Crippen MR) is 59.0 cm³/mol. The first-order valence-electron chi connectivity index (χ1n) is 4.17. The summed E-state index contributed by atoms with van der Waals surface area (Å²) in [6, 6.07) is 6.36. The molecule has 1 aromatic rings. The fraction of sp³-hybridized carbons (Fsp3) is 0.333. The molecular formula is C9H10F3NS2. The van der Waals surface area contributed by atoms with Crippen LogP contribution in [-0.2, 0) is 6.54 Å². The van der Waals surface area contributed by atoms with Crippen LogP contribution >= 0.6 is 24.4 Å². The van der Waals surface area contributed by atoms with Gasteiger partial charge in [0.2, 0.25) is 0 Å². The van der Waals surface area contributed by atoms with Gasteiger partial charge in [-0.15, -0.1) is 0 Å². The summed E-state index contributed by atoms with van der Waals surface area (Å²) in [5, 5.41) is 2.93. The highest BCUT2D eigenvalue weighted by atomic mass is 32.2. The summed E-state index contributed by atoms with van der Waals surface area (Å²) >= 11 is 3.85. The Balaban J connectivity index is 2.66. The maximum atomic E-state index is 12.1. The lowest BCUT2D eigenvalue weighted by molar-refractivity contribution is -0.0328. The van der Waals surface area contributed by atoms with Gasteiger partial charge in [0, 0.05) is 17.3 Å². The highest BCUT2D eigenvalue weighted by Crippen LogP contribution is 2.36. The Morgan fingerprint density at radius 1 is 1.33 bits per heavy atom. The molecule has 0 aliphatic rings. The average molecular weight is 253 g/mol. The first-order chi connectivity index (χ1) is 7.01. The van der Waals surface area contributed by atoms with Gasteiger partial charge >= 0.3 is 5.51 Å². The van der Waals surface area contributed by atoms with E-state index in [0.717, 1.165) is 5.56 Å². The minimum Gasteiger partial charge on any atom is -0.304 e. The second-order valence-electron chi connectivity index (χ2n) is 2.78. The third-order valence-electron chi connectivity index (χ3n) is 1.57. The molecule has 1 N–H and O–H groups in total. The summed E-state index contributed by atoms with van der Waals surface area (Å²) < 4.78 is 36.2. The molecule has 0 amide bonds. The van der Waals surface area contributed by atoms with Crippen molar-refractivity contribution in [2.24, 2.45) is 0 Å². The zero-order valence-electron chi connectivity index (χ0n) is 7.71. The Bertz CT molecular complexity index is 314. The van der Waals surface area contributed by atoms with Gasteiger partial charge < -0.3 is 5.32 Å². The van der Waals surface area contributed by atoms with E-state index in [2.05, 4.69) is 17.9 Å². The average Bonchev–Trinajstić information content (AvgIpc) is 2.12. The lowest BCUT2D eigenvalue weighted by atomic mass is 10.2. The van der Waals surface area contributed by atoms with Crippen molar-refractivity contribution in [1.82, 2.24) is 5.32 Å². The molecule has 6 heteroatoms. The van der Waals surface area contributed by atoms with E-state index in [9.17, 15) is 13.2 Å². The van der Waals surface area contributed by atoms with Gasteiger partial charge in [0.15, 0.2) is 0 Å². The molecule has 1 rings (SSSR count). The standard InChI is InChI=1S/C9H10F3NS2/c10-9(11,12)15-8-3-1-2-7(4-8)5-13-6-14/h1-4,13-14H,5-6H2. The Hall–Kier alpha value is -0.330. The van der Waals surface area contributed by atoms with Gasteiger partial charge in [0.1, 0.15) is 0 Å². The number of thioether (sulfide) groups is 1. The summed E-state index contributed by atoms with van der Waals surface area (Å²) in [5.74, 6) is 0.497. The van der Waals surface area contributed by atoms with Crippen LogP contribution in [0.1, 0.15) is 5.56 Å². The van der Waals surface area contributed by atoms with Gasteiger partial charge in [-0.05, 0) is 29.5 Å². The maximum Gasteiger partial charge on any atom is 0.446 e.